The molecule has 1 fully saturated rings. The Balaban J connectivity index is 1.91. The van der Waals surface area contributed by atoms with Gasteiger partial charge in [-0.05, 0) is 37.8 Å². The minimum Gasteiger partial charge on any atom is -0.458 e. The Bertz CT molecular complexity index is 577. The number of para-hydroxylation sites is 1. The van der Waals surface area contributed by atoms with Crippen LogP contribution in [-0.2, 0) is 4.74 Å². The molecule has 0 bridgehead atoms. The van der Waals surface area contributed by atoms with Crippen LogP contribution in [0.5, 0.6) is 0 Å². The fourth-order valence-corrected chi connectivity index (χ4v) is 2.74. The molecule has 0 spiro atoms. The average Bonchev–Trinajstić information content (AvgIpc) is 3.14. The first kappa shape index (κ1) is 13.0. The molecule has 1 aromatic heterocycles. The number of furan rings is 1. The molecule has 2 unspecified atom stereocenters. The number of hydrogen-bond donors (Lipinski definition) is 1. The van der Waals surface area contributed by atoms with E-state index in [1.54, 1.807) is 0 Å². The Labute approximate surface area is 117 Å². The Kier molecular flexibility index (Phi) is 3.52. The standard InChI is InChI=1S/C15H18ClNO2/c1-2-18-15(9-6-7-9)13(17)12-8-10-4-3-5-11(16)14(10)19-12/h3-5,8-9,13,15H,2,6-7,17H2,1H3. The summed E-state index contributed by atoms with van der Waals surface area (Å²) >= 11 is 6.12. The molecule has 1 aliphatic rings. The Morgan fingerprint density at radius 3 is 2.89 bits per heavy atom. The van der Waals surface area contributed by atoms with E-state index in [1.165, 1.54) is 12.8 Å². The van der Waals surface area contributed by atoms with Gasteiger partial charge in [0.25, 0.3) is 0 Å². The number of rotatable bonds is 5. The zero-order valence-electron chi connectivity index (χ0n) is 10.9. The molecule has 4 heteroatoms. The molecule has 2 atom stereocenters. The number of hydrogen-bond acceptors (Lipinski definition) is 3. The van der Waals surface area contributed by atoms with Crippen LogP contribution in [0.25, 0.3) is 11.0 Å². The quantitative estimate of drug-likeness (QED) is 0.903. The predicted molar refractivity (Wildman–Crippen MR) is 76.3 cm³/mol. The monoisotopic (exact) mass is 279 g/mol. The van der Waals surface area contributed by atoms with E-state index in [1.807, 2.05) is 31.2 Å². The second-order valence-electron chi connectivity index (χ2n) is 5.09. The third kappa shape index (κ3) is 2.50. The highest BCUT2D eigenvalue weighted by atomic mass is 35.5. The Hall–Kier alpha value is -1.03. The summed E-state index contributed by atoms with van der Waals surface area (Å²) < 4.78 is 11.6. The van der Waals surface area contributed by atoms with Crippen LogP contribution in [0.15, 0.2) is 28.7 Å². The normalized spacial score (nSPS) is 18.7. The lowest BCUT2D eigenvalue weighted by Crippen LogP contribution is -2.30. The molecule has 0 amide bonds. The summed E-state index contributed by atoms with van der Waals surface area (Å²) in [5, 5.41) is 1.61. The maximum Gasteiger partial charge on any atom is 0.152 e. The summed E-state index contributed by atoms with van der Waals surface area (Å²) in [7, 11) is 0. The second kappa shape index (κ2) is 5.16. The van der Waals surface area contributed by atoms with Gasteiger partial charge in [-0.2, -0.15) is 0 Å². The van der Waals surface area contributed by atoms with Crippen LogP contribution >= 0.6 is 11.6 Å². The van der Waals surface area contributed by atoms with Gasteiger partial charge in [0.15, 0.2) is 5.58 Å². The van der Waals surface area contributed by atoms with Gasteiger partial charge in [-0.15, -0.1) is 0 Å². The molecule has 0 saturated heterocycles. The number of ether oxygens (including phenoxy) is 1. The van der Waals surface area contributed by atoms with Gasteiger partial charge >= 0.3 is 0 Å². The number of fused-ring (bicyclic) bond motifs is 1. The number of halogens is 1. The van der Waals surface area contributed by atoms with Crippen LogP contribution in [0.4, 0.5) is 0 Å². The first-order chi connectivity index (χ1) is 9.20. The maximum atomic E-state index is 6.32. The zero-order valence-corrected chi connectivity index (χ0v) is 11.7. The van der Waals surface area contributed by atoms with E-state index < -0.39 is 0 Å². The minimum atomic E-state index is -0.226. The summed E-state index contributed by atoms with van der Waals surface area (Å²) in [6.07, 6.45) is 2.43. The van der Waals surface area contributed by atoms with Crippen molar-refractivity contribution in [3.63, 3.8) is 0 Å². The van der Waals surface area contributed by atoms with Crippen LogP contribution in [0, 0.1) is 5.92 Å². The van der Waals surface area contributed by atoms with Crippen molar-refractivity contribution in [2.75, 3.05) is 6.61 Å². The molecular formula is C15H18ClNO2. The predicted octanol–water partition coefficient (Wildman–Crippen LogP) is 3.90. The van der Waals surface area contributed by atoms with Gasteiger partial charge in [-0.3, -0.25) is 0 Å². The molecule has 102 valence electrons. The van der Waals surface area contributed by atoms with E-state index in [9.17, 15) is 0 Å². The van der Waals surface area contributed by atoms with E-state index in [0.29, 0.717) is 23.1 Å². The summed E-state index contributed by atoms with van der Waals surface area (Å²) in [6.45, 7) is 2.67. The lowest BCUT2D eigenvalue weighted by Gasteiger charge is -2.21. The van der Waals surface area contributed by atoms with Gasteiger partial charge in [0.1, 0.15) is 5.76 Å². The van der Waals surface area contributed by atoms with Crippen molar-refractivity contribution in [1.82, 2.24) is 0 Å². The molecule has 1 aliphatic carbocycles. The topological polar surface area (TPSA) is 48.4 Å². The van der Waals surface area contributed by atoms with Crippen molar-refractivity contribution in [3.8, 4) is 0 Å². The highest BCUT2D eigenvalue weighted by molar-refractivity contribution is 6.34. The molecule has 0 aliphatic heterocycles. The van der Waals surface area contributed by atoms with Gasteiger partial charge in [0, 0.05) is 12.0 Å². The second-order valence-corrected chi connectivity index (χ2v) is 5.50. The molecule has 1 aromatic carbocycles. The van der Waals surface area contributed by atoms with Gasteiger partial charge in [0.2, 0.25) is 0 Å². The highest BCUT2D eigenvalue weighted by Gasteiger charge is 2.37. The molecule has 2 aromatic rings. The molecule has 0 radical (unpaired) electrons. The van der Waals surface area contributed by atoms with E-state index in [4.69, 9.17) is 26.5 Å². The summed E-state index contributed by atoms with van der Waals surface area (Å²) in [4.78, 5) is 0. The van der Waals surface area contributed by atoms with Crippen molar-refractivity contribution >= 4 is 22.6 Å². The number of nitrogens with two attached hydrogens (primary N) is 1. The molecule has 3 nitrogen and oxygen atoms in total. The van der Waals surface area contributed by atoms with Gasteiger partial charge in [-0.1, -0.05) is 23.7 Å². The number of benzene rings is 1. The summed E-state index contributed by atoms with van der Waals surface area (Å²) in [5.41, 5.74) is 7.03. The SMILES string of the molecule is CCOC(C1CC1)C(N)c1cc2cccc(Cl)c2o1. The van der Waals surface area contributed by atoms with Crippen molar-refractivity contribution in [2.24, 2.45) is 11.7 Å². The van der Waals surface area contributed by atoms with Crippen molar-refractivity contribution in [1.29, 1.82) is 0 Å². The smallest absolute Gasteiger partial charge is 0.152 e. The summed E-state index contributed by atoms with van der Waals surface area (Å²) in [6, 6.07) is 7.46. The largest absolute Gasteiger partial charge is 0.458 e. The van der Waals surface area contributed by atoms with Gasteiger partial charge in [-0.25, -0.2) is 0 Å². The van der Waals surface area contributed by atoms with E-state index in [2.05, 4.69) is 0 Å². The fourth-order valence-electron chi connectivity index (χ4n) is 2.52. The first-order valence-electron chi connectivity index (χ1n) is 6.76. The van der Waals surface area contributed by atoms with E-state index in [-0.39, 0.29) is 12.1 Å². The van der Waals surface area contributed by atoms with E-state index in [0.717, 1.165) is 11.1 Å². The molecule has 2 N–H and O–H groups in total. The molecular weight excluding hydrogens is 262 g/mol. The molecule has 3 rings (SSSR count). The van der Waals surface area contributed by atoms with Crippen LogP contribution < -0.4 is 5.73 Å². The Morgan fingerprint density at radius 2 is 2.26 bits per heavy atom. The lowest BCUT2D eigenvalue weighted by atomic mass is 10.0. The van der Waals surface area contributed by atoms with Crippen molar-refractivity contribution < 1.29 is 9.15 Å². The zero-order chi connectivity index (χ0) is 13.4. The fraction of sp³-hybridized carbons (Fsp3) is 0.467. The van der Waals surface area contributed by atoms with E-state index >= 15 is 0 Å². The van der Waals surface area contributed by atoms with Crippen LogP contribution in [0.2, 0.25) is 5.02 Å². The van der Waals surface area contributed by atoms with Crippen LogP contribution in [0.1, 0.15) is 31.6 Å². The summed E-state index contributed by atoms with van der Waals surface area (Å²) in [5.74, 6) is 1.33. The lowest BCUT2D eigenvalue weighted by molar-refractivity contribution is 0.0238. The molecule has 1 heterocycles. The van der Waals surface area contributed by atoms with Gasteiger partial charge in [0.05, 0.1) is 17.2 Å². The van der Waals surface area contributed by atoms with Crippen molar-refractivity contribution in [2.45, 2.75) is 31.9 Å². The highest BCUT2D eigenvalue weighted by Crippen LogP contribution is 2.40. The van der Waals surface area contributed by atoms with Crippen molar-refractivity contribution in [3.05, 3.63) is 35.0 Å². The van der Waals surface area contributed by atoms with Crippen LogP contribution in [0.3, 0.4) is 0 Å². The average molecular weight is 280 g/mol. The Morgan fingerprint density at radius 1 is 1.47 bits per heavy atom. The molecule has 1 saturated carbocycles. The first-order valence-corrected chi connectivity index (χ1v) is 7.13. The van der Waals surface area contributed by atoms with Gasteiger partial charge < -0.3 is 14.9 Å². The van der Waals surface area contributed by atoms with Crippen LogP contribution in [-0.4, -0.2) is 12.7 Å². The molecule has 19 heavy (non-hydrogen) atoms. The third-order valence-corrected chi connectivity index (χ3v) is 3.94. The third-order valence-electron chi connectivity index (χ3n) is 3.64. The minimum absolute atomic E-state index is 0.0457. The maximum absolute atomic E-state index is 6.32.